The minimum atomic E-state index is -0.712. The molecule has 0 saturated carbocycles. The van der Waals surface area contributed by atoms with Gasteiger partial charge in [0.2, 0.25) is 11.7 Å². The highest BCUT2D eigenvalue weighted by Crippen LogP contribution is 2.25. The summed E-state index contributed by atoms with van der Waals surface area (Å²) in [5, 5.41) is 3.77. The minimum absolute atomic E-state index is 0.0943. The summed E-state index contributed by atoms with van der Waals surface area (Å²) < 4.78 is 5.11. The Morgan fingerprint density at radius 3 is 2.53 bits per heavy atom. The topological polar surface area (TPSA) is 92.8 Å². The molecule has 4 rings (SSSR count). The second-order valence-electron chi connectivity index (χ2n) is 8.81. The van der Waals surface area contributed by atoms with Crippen molar-refractivity contribution in [2.75, 3.05) is 18.1 Å². The van der Waals surface area contributed by atoms with Gasteiger partial charge >= 0.3 is 5.97 Å². The Morgan fingerprint density at radius 1 is 1.06 bits per heavy atom. The zero-order valence-corrected chi connectivity index (χ0v) is 21.1. The molecule has 0 radical (unpaired) electrons. The lowest BCUT2D eigenvalue weighted by molar-refractivity contribution is -0.121. The number of hydrogen-bond donors (Lipinski definition) is 1. The number of hydrogen-bond acceptors (Lipinski definition) is 6. The molecule has 188 valence electrons. The van der Waals surface area contributed by atoms with Crippen LogP contribution in [0.4, 0.5) is 5.69 Å². The number of nitrogens with one attached hydrogen (secondary N) is 1. The molecule has 0 bridgehead atoms. The Hall–Kier alpha value is -3.00. The SMILES string of the molecule is O=C(OCC(=O)c1ccc(Cl)cc1Cl)c1ccc(N2C(=O)CC(NCCC3=CCCCC3)C2=O)cc1. The predicted molar refractivity (Wildman–Crippen MR) is 138 cm³/mol. The van der Waals surface area contributed by atoms with E-state index >= 15 is 0 Å². The van der Waals surface area contributed by atoms with Crippen LogP contribution in [0.5, 0.6) is 0 Å². The summed E-state index contributed by atoms with van der Waals surface area (Å²) >= 11 is 11.9. The van der Waals surface area contributed by atoms with Crippen LogP contribution in [-0.2, 0) is 14.3 Å². The van der Waals surface area contributed by atoms with E-state index in [1.807, 2.05) is 0 Å². The first-order valence-electron chi connectivity index (χ1n) is 11.9. The standard InChI is InChI=1S/C27H26Cl2N2O5/c28-19-8-11-21(22(29)14-19)24(32)16-36-27(35)18-6-9-20(10-7-18)31-25(33)15-23(26(31)34)30-13-12-17-4-2-1-3-5-17/h4,6-11,14,23,30H,1-3,5,12-13,15-16H2. The predicted octanol–water partition coefficient (Wildman–Crippen LogP) is 5.15. The van der Waals surface area contributed by atoms with Gasteiger partial charge in [0.05, 0.1) is 28.7 Å². The second kappa shape index (κ2) is 11.8. The minimum Gasteiger partial charge on any atom is -0.454 e. The van der Waals surface area contributed by atoms with Gasteiger partial charge in [-0.05, 0) is 81.1 Å². The molecule has 2 aromatic carbocycles. The van der Waals surface area contributed by atoms with Gasteiger partial charge in [0.25, 0.3) is 5.91 Å². The number of rotatable bonds is 9. The van der Waals surface area contributed by atoms with Crippen LogP contribution in [0.2, 0.25) is 10.0 Å². The zero-order chi connectivity index (χ0) is 25.7. The van der Waals surface area contributed by atoms with Gasteiger partial charge in [-0.1, -0.05) is 34.9 Å². The fraction of sp³-hybridized carbons (Fsp3) is 0.333. The molecule has 2 aromatic rings. The number of nitrogens with zero attached hydrogens (tertiary/aromatic N) is 1. The summed E-state index contributed by atoms with van der Waals surface area (Å²) in [6.07, 6.45) is 7.89. The molecule has 1 heterocycles. The van der Waals surface area contributed by atoms with Crippen molar-refractivity contribution in [2.45, 2.75) is 44.6 Å². The summed E-state index contributed by atoms with van der Waals surface area (Å²) in [5.41, 5.74) is 2.17. The Balaban J connectivity index is 1.31. The van der Waals surface area contributed by atoms with E-state index in [4.69, 9.17) is 27.9 Å². The number of esters is 1. The number of allylic oxidation sites excluding steroid dienone is 1. The van der Waals surface area contributed by atoms with E-state index in [0.29, 0.717) is 17.3 Å². The first kappa shape index (κ1) is 26.1. The van der Waals surface area contributed by atoms with Crippen LogP contribution in [0.15, 0.2) is 54.1 Å². The van der Waals surface area contributed by atoms with E-state index in [2.05, 4.69) is 11.4 Å². The Labute approximate surface area is 219 Å². The highest BCUT2D eigenvalue weighted by molar-refractivity contribution is 6.36. The van der Waals surface area contributed by atoms with Crippen molar-refractivity contribution < 1.29 is 23.9 Å². The average Bonchev–Trinajstić information content (AvgIpc) is 3.15. The molecule has 1 fully saturated rings. The summed E-state index contributed by atoms with van der Waals surface area (Å²) in [5.74, 6) is -1.78. The van der Waals surface area contributed by atoms with Gasteiger partial charge in [-0.25, -0.2) is 9.69 Å². The average molecular weight is 529 g/mol. The number of anilines is 1. The number of halogens is 2. The maximum Gasteiger partial charge on any atom is 0.338 e. The van der Waals surface area contributed by atoms with Crippen LogP contribution in [0.3, 0.4) is 0 Å². The first-order chi connectivity index (χ1) is 17.3. The molecule has 0 aromatic heterocycles. The highest BCUT2D eigenvalue weighted by atomic mass is 35.5. The summed E-state index contributed by atoms with van der Waals surface area (Å²) in [6.45, 7) is 0.156. The molecule has 1 aliphatic carbocycles. The number of imide groups is 1. The van der Waals surface area contributed by atoms with Crippen molar-refractivity contribution in [3.8, 4) is 0 Å². The largest absolute Gasteiger partial charge is 0.454 e. The second-order valence-corrected chi connectivity index (χ2v) is 9.65. The van der Waals surface area contributed by atoms with Gasteiger partial charge in [0.15, 0.2) is 6.61 Å². The molecule has 36 heavy (non-hydrogen) atoms. The molecular formula is C27H26Cl2N2O5. The molecule has 0 spiro atoms. The molecule has 1 N–H and O–H groups in total. The van der Waals surface area contributed by atoms with Crippen molar-refractivity contribution in [1.29, 1.82) is 0 Å². The van der Waals surface area contributed by atoms with E-state index in [0.717, 1.165) is 24.2 Å². The first-order valence-corrected chi connectivity index (χ1v) is 12.6. The smallest absolute Gasteiger partial charge is 0.338 e. The van der Waals surface area contributed by atoms with Gasteiger partial charge in [0, 0.05) is 10.6 Å². The van der Waals surface area contributed by atoms with Crippen LogP contribution < -0.4 is 10.2 Å². The third-order valence-corrected chi connectivity index (χ3v) is 6.84. The molecule has 1 saturated heterocycles. The van der Waals surface area contributed by atoms with E-state index in [1.165, 1.54) is 60.9 Å². The quantitative estimate of drug-likeness (QED) is 0.209. The monoisotopic (exact) mass is 528 g/mol. The maximum atomic E-state index is 12.9. The summed E-state index contributed by atoms with van der Waals surface area (Å²) in [4.78, 5) is 51.2. The maximum absolute atomic E-state index is 12.9. The van der Waals surface area contributed by atoms with Gasteiger partial charge < -0.3 is 10.1 Å². The number of ketones is 1. The van der Waals surface area contributed by atoms with E-state index in [-0.39, 0.29) is 34.4 Å². The lowest BCUT2D eigenvalue weighted by atomic mass is 9.97. The molecule has 2 amide bonds. The number of carbonyl (C=O) groups excluding carboxylic acids is 4. The van der Waals surface area contributed by atoms with E-state index in [9.17, 15) is 19.2 Å². The fourth-order valence-electron chi connectivity index (χ4n) is 4.36. The molecule has 1 aliphatic heterocycles. The van der Waals surface area contributed by atoms with Crippen molar-refractivity contribution in [3.05, 3.63) is 75.3 Å². The number of amides is 2. The van der Waals surface area contributed by atoms with Crippen LogP contribution in [0, 0.1) is 0 Å². The zero-order valence-electron chi connectivity index (χ0n) is 19.6. The molecule has 1 unspecified atom stereocenters. The number of carbonyl (C=O) groups is 4. The van der Waals surface area contributed by atoms with Crippen LogP contribution in [0.1, 0.15) is 59.2 Å². The molecule has 9 heteroatoms. The van der Waals surface area contributed by atoms with E-state index < -0.39 is 24.4 Å². The van der Waals surface area contributed by atoms with Gasteiger partial charge in [-0.15, -0.1) is 0 Å². The Kier molecular flexibility index (Phi) is 8.56. The third kappa shape index (κ3) is 6.22. The number of ether oxygens (including phenoxy) is 1. The van der Waals surface area contributed by atoms with Crippen molar-refractivity contribution in [2.24, 2.45) is 0 Å². The molecule has 7 nitrogen and oxygen atoms in total. The van der Waals surface area contributed by atoms with Gasteiger partial charge in [0.1, 0.15) is 0 Å². The lowest BCUT2D eigenvalue weighted by Gasteiger charge is -2.17. The van der Waals surface area contributed by atoms with Gasteiger partial charge in [-0.3, -0.25) is 14.4 Å². The van der Waals surface area contributed by atoms with Crippen LogP contribution in [0.25, 0.3) is 0 Å². The number of Topliss-reactive ketones (excluding diaryl/α,β-unsaturated/α-hetero) is 1. The van der Waals surface area contributed by atoms with E-state index in [1.54, 1.807) is 0 Å². The van der Waals surface area contributed by atoms with Crippen molar-refractivity contribution in [3.63, 3.8) is 0 Å². The Morgan fingerprint density at radius 2 is 1.83 bits per heavy atom. The van der Waals surface area contributed by atoms with Crippen molar-refractivity contribution >= 4 is 52.5 Å². The third-order valence-electron chi connectivity index (χ3n) is 6.30. The number of benzene rings is 2. The van der Waals surface area contributed by atoms with Crippen LogP contribution >= 0.6 is 23.2 Å². The van der Waals surface area contributed by atoms with Crippen LogP contribution in [-0.4, -0.2) is 42.8 Å². The molecule has 2 aliphatic rings. The normalized spacial score (nSPS) is 17.8. The van der Waals surface area contributed by atoms with Gasteiger partial charge in [-0.2, -0.15) is 0 Å². The van der Waals surface area contributed by atoms with Crippen molar-refractivity contribution in [1.82, 2.24) is 5.32 Å². The Bertz CT molecular complexity index is 1210. The summed E-state index contributed by atoms with van der Waals surface area (Å²) in [7, 11) is 0. The molecule has 1 atom stereocenters. The molecular weight excluding hydrogens is 503 g/mol. The lowest BCUT2D eigenvalue weighted by Crippen LogP contribution is -2.39. The highest BCUT2D eigenvalue weighted by Gasteiger charge is 2.39. The summed E-state index contributed by atoms with van der Waals surface area (Å²) in [6, 6.07) is 9.80. The fourth-order valence-corrected chi connectivity index (χ4v) is 4.87.